The van der Waals surface area contributed by atoms with E-state index in [2.05, 4.69) is 5.32 Å². The number of nitrogens with zero attached hydrogens (tertiary/aromatic N) is 1. The molecular formula is C17H18N2O5S. The molecule has 0 aromatic heterocycles. The molecule has 2 aliphatic heterocycles. The Hall–Kier alpha value is -2.35. The summed E-state index contributed by atoms with van der Waals surface area (Å²) < 4.78 is 0. The van der Waals surface area contributed by atoms with E-state index in [1.165, 1.54) is 0 Å². The number of hydrogen-bond acceptors (Lipinski definition) is 5. The quantitative estimate of drug-likeness (QED) is 0.776. The van der Waals surface area contributed by atoms with Crippen LogP contribution in [-0.2, 0) is 9.59 Å². The standard InChI is InChI=1S/C17H18N2O5S/c1-10-2-3-11-12(8-10)15(22)19(14(11)21)9-13(20)18-17(16(23)24)4-6-25-7-5-17/h2-3,8H,4-7,9H2,1H3,(H,18,20)(H,23,24). The molecule has 2 N–H and O–H groups in total. The highest BCUT2D eigenvalue weighted by Crippen LogP contribution is 2.28. The van der Waals surface area contributed by atoms with Crippen molar-refractivity contribution in [1.29, 1.82) is 0 Å². The molecule has 1 aromatic carbocycles. The summed E-state index contributed by atoms with van der Waals surface area (Å²) in [6.07, 6.45) is 0.639. The van der Waals surface area contributed by atoms with E-state index in [1.54, 1.807) is 30.0 Å². The van der Waals surface area contributed by atoms with E-state index in [0.717, 1.165) is 10.5 Å². The van der Waals surface area contributed by atoms with Gasteiger partial charge in [0.05, 0.1) is 11.1 Å². The van der Waals surface area contributed by atoms with Gasteiger partial charge in [0, 0.05) is 0 Å². The van der Waals surface area contributed by atoms with Gasteiger partial charge in [0.25, 0.3) is 11.8 Å². The fourth-order valence-corrected chi connectivity index (χ4v) is 4.30. The summed E-state index contributed by atoms with van der Waals surface area (Å²) in [4.78, 5) is 49.6. The third-order valence-electron chi connectivity index (χ3n) is 4.56. The Balaban J connectivity index is 1.74. The largest absolute Gasteiger partial charge is 0.480 e. The van der Waals surface area contributed by atoms with E-state index < -0.39 is 35.8 Å². The highest BCUT2D eigenvalue weighted by Gasteiger charge is 2.43. The number of thioether (sulfide) groups is 1. The number of imide groups is 1. The van der Waals surface area contributed by atoms with Crippen molar-refractivity contribution in [2.75, 3.05) is 18.1 Å². The summed E-state index contributed by atoms with van der Waals surface area (Å²) >= 11 is 1.64. The number of aliphatic carboxylic acids is 1. The Bertz CT molecular complexity index is 770. The molecular weight excluding hydrogens is 344 g/mol. The Morgan fingerprint density at radius 3 is 2.48 bits per heavy atom. The number of carboxylic acid groups (broad SMARTS) is 1. The maximum absolute atomic E-state index is 12.4. The van der Waals surface area contributed by atoms with Crippen LogP contribution in [0.1, 0.15) is 39.1 Å². The molecule has 0 saturated carbocycles. The lowest BCUT2D eigenvalue weighted by molar-refractivity contribution is -0.148. The van der Waals surface area contributed by atoms with Crippen LogP contribution in [0.25, 0.3) is 0 Å². The molecule has 1 aromatic rings. The molecule has 3 rings (SSSR count). The van der Waals surface area contributed by atoms with Crippen molar-refractivity contribution in [3.63, 3.8) is 0 Å². The van der Waals surface area contributed by atoms with Crippen LogP contribution in [-0.4, -0.2) is 57.3 Å². The topological polar surface area (TPSA) is 104 Å². The van der Waals surface area contributed by atoms with Crippen LogP contribution in [0.5, 0.6) is 0 Å². The molecule has 2 heterocycles. The number of carboxylic acids is 1. The maximum atomic E-state index is 12.4. The van der Waals surface area contributed by atoms with Crippen molar-refractivity contribution in [2.45, 2.75) is 25.3 Å². The van der Waals surface area contributed by atoms with Gasteiger partial charge in [0.2, 0.25) is 5.91 Å². The number of hydrogen-bond donors (Lipinski definition) is 2. The molecule has 3 amide bonds. The summed E-state index contributed by atoms with van der Waals surface area (Å²) in [7, 11) is 0. The van der Waals surface area contributed by atoms with Gasteiger partial charge in [-0.25, -0.2) is 4.79 Å². The number of benzene rings is 1. The average molecular weight is 362 g/mol. The van der Waals surface area contributed by atoms with Crippen molar-refractivity contribution in [1.82, 2.24) is 10.2 Å². The molecule has 7 nitrogen and oxygen atoms in total. The van der Waals surface area contributed by atoms with Crippen LogP contribution in [0, 0.1) is 6.92 Å². The molecule has 0 radical (unpaired) electrons. The normalized spacial score (nSPS) is 18.8. The van der Waals surface area contributed by atoms with Gasteiger partial charge < -0.3 is 10.4 Å². The number of carbonyl (C=O) groups excluding carboxylic acids is 3. The SMILES string of the molecule is Cc1ccc2c(c1)C(=O)N(CC(=O)NC1(C(=O)O)CCSCC1)C2=O. The van der Waals surface area contributed by atoms with E-state index in [1.807, 2.05) is 6.92 Å². The first kappa shape index (κ1) is 17.5. The Labute approximate surface area is 148 Å². The molecule has 132 valence electrons. The van der Waals surface area contributed by atoms with E-state index in [9.17, 15) is 24.3 Å². The lowest BCUT2D eigenvalue weighted by Gasteiger charge is -2.34. The minimum absolute atomic E-state index is 0.269. The minimum Gasteiger partial charge on any atom is -0.480 e. The third-order valence-corrected chi connectivity index (χ3v) is 5.55. The molecule has 1 fully saturated rings. The van der Waals surface area contributed by atoms with Gasteiger partial charge in [-0.2, -0.15) is 11.8 Å². The van der Waals surface area contributed by atoms with E-state index in [0.29, 0.717) is 24.3 Å². The zero-order valence-electron chi connectivity index (χ0n) is 13.7. The lowest BCUT2D eigenvalue weighted by Crippen LogP contribution is -2.58. The zero-order valence-corrected chi connectivity index (χ0v) is 14.5. The van der Waals surface area contributed by atoms with Gasteiger partial charge in [0.1, 0.15) is 12.1 Å². The van der Waals surface area contributed by atoms with Crippen molar-refractivity contribution < 1.29 is 24.3 Å². The summed E-state index contributed by atoms with van der Waals surface area (Å²) in [6.45, 7) is 1.33. The van der Waals surface area contributed by atoms with Crippen LogP contribution >= 0.6 is 11.8 Å². The van der Waals surface area contributed by atoms with Gasteiger partial charge in [-0.3, -0.25) is 19.3 Å². The predicted molar refractivity (Wildman–Crippen MR) is 91.6 cm³/mol. The Morgan fingerprint density at radius 2 is 1.84 bits per heavy atom. The van der Waals surface area contributed by atoms with Gasteiger partial charge in [-0.05, 0) is 43.4 Å². The summed E-state index contributed by atoms with van der Waals surface area (Å²) in [6, 6.07) is 4.91. The minimum atomic E-state index is -1.32. The summed E-state index contributed by atoms with van der Waals surface area (Å²) in [5, 5.41) is 12.0. The summed E-state index contributed by atoms with van der Waals surface area (Å²) in [5.41, 5.74) is 0.0679. The fourth-order valence-electron chi connectivity index (χ4n) is 3.11. The number of aryl methyl sites for hydroxylation is 1. The zero-order chi connectivity index (χ0) is 18.2. The first-order valence-corrected chi connectivity index (χ1v) is 9.08. The second-order valence-electron chi connectivity index (χ2n) is 6.29. The second-order valence-corrected chi connectivity index (χ2v) is 7.52. The van der Waals surface area contributed by atoms with Crippen molar-refractivity contribution in [3.05, 3.63) is 34.9 Å². The van der Waals surface area contributed by atoms with Crippen LogP contribution in [0.3, 0.4) is 0 Å². The van der Waals surface area contributed by atoms with Crippen LogP contribution in [0.4, 0.5) is 0 Å². The van der Waals surface area contributed by atoms with Gasteiger partial charge >= 0.3 is 5.97 Å². The van der Waals surface area contributed by atoms with Crippen molar-refractivity contribution >= 4 is 35.5 Å². The van der Waals surface area contributed by atoms with E-state index in [-0.39, 0.29) is 11.1 Å². The molecule has 8 heteroatoms. The van der Waals surface area contributed by atoms with E-state index >= 15 is 0 Å². The molecule has 0 atom stereocenters. The molecule has 0 unspecified atom stereocenters. The fraction of sp³-hybridized carbons (Fsp3) is 0.412. The molecule has 1 saturated heterocycles. The molecule has 0 bridgehead atoms. The monoisotopic (exact) mass is 362 g/mol. The number of amides is 3. The van der Waals surface area contributed by atoms with Gasteiger partial charge in [-0.15, -0.1) is 0 Å². The maximum Gasteiger partial charge on any atom is 0.329 e. The number of rotatable bonds is 4. The molecule has 25 heavy (non-hydrogen) atoms. The van der Waals surface area contributed by atoms with Crippen molar-refractivity contribution in [2.24, 2.45) is 0 Å². The molecule has 0 aliphatic carbocycles. The van der Waals surface area contributed by atoms with Gasteiger partial charge in [-0.1, -0.05) is 11.6 Å². The number of nitrogens with one attached hydrogen (secondary N) is 1. The highest BCUT2D eigenvalue weighted by atomic mass is 32.2. The second kappa shape index (κ2) is 6.51. The lowest BCUT2D eigenvalue weighted by atomic mass is 9.92. The molecule has 2 aliphatic rings. The van der Waals surface area contributed by atoms with E-state index in [4.69, 9.17) is 0 Å². The average Bonchev–Trinajstić information content (AvgIpc) is 2.80. The van der Waals surface area contributed by atoms with Crippen LogP contribution in [0.2, 0.25) is 0 Å². The predicted octanol–water partition coefficient (Wildman–Crippen LogP) is 1.06. The Morgan fingerprint density at radius 1 is 1.20 bits per heavy atom. The summed E-state index contributed by atoms with van der Waals surface area (Å²) in [5.74, 6) is -1.50. The van der Waals surface area contributed by atoms with Crippen LogP contribution < -0.4 is 5.32 Å². The molecule has 0 spiro atoms. The van der Waals surface area contributed by atoms with Crippen LogP contribution in [0.15, 0.2) is 18.2 Å². The number of fused-ring (bicyclic) bond motifs is 1. The van der Waals surface area contributed by atoms with Crippen molar-refractivity contribution in [3.8, 4) is 0 Å². The first-order valence-electron chi connectivity index (χ1n) is 7.93. The highest BCUT2D eigenvalue weighted by molar-refractivity contribution is 7.99. The van der Waals surface area contributed by atoms with Gasteiger partial charge in [0.15, 0.2) is 0 Å². The first-order chi connectivity index (χ1) is 11.8. The third kappa shape index (κ3) is 3.13. The Kier molecular flexibility index (Phi) is 4.55. The number of carbonyl (C=O) groups is 4. The smallest absolute Gasteiger partial charge is 0.329 e.